The third-order valence-electron chi connectivity index (χ3n) is 6.81. The standard InChI is InChI=1S/C27H40N4O6S2/c1-19-16-31(20(2)18-32)26(34)15-21-14-22(28-25(33)8-6-12-29(3)4)10-11-23(21)37-24(19)17-30(5)39(35,36)27-9-7-13-38-27/h7,9-11,13-14,19-20,24,32H,6,8,12,15-18H2,1-5H3,(H,28,33)/t19-,20+,24-/m1/s1. The number of hydrogen-bond acceptors (Lipinski definition) is 8. The van der Waals surface area contributed by atoms with Crippen LogP contribution in [0.5, 0.6) is 5.75 Å². The van der Waals surface area contributed by atoms with E-state index < -0.39 is 22.2 Å². The maximum atomic E-state index is 13.4. The Kier molecular flexibility index (Phi) is 10.9. The minimum atomic E-state index is -3.70. The third-order valence-corrected chi connectivity index (χ3v) is 10.0. The summed E-state index contributed by atoms with van der Waals surface area (Å²) >= 11 is 1.15. The molecule has 1 aliphatic rings. The van der Waals surface area contributed by atoms with Crippen molar-refractivity contribution in [2.45, 2.75) is 49.5 Å². The molecule has 12 heteroatoms. The van der Waals surface area contributed by atoms with E-state index in [1.54, 1.807) is 47.5 Å². The summed E-state index contributed by atoms with van der Waals surface area (Å²) in [6, 6.07) is 8.02. The molecule has 2 aromatic rings. The van der Waals surface area contributed by atoms with Crippen LogP contribution in [-0.4, -0.2) is 99.0 Å². The molecule has 1 aliphatic heterocycles. The number of amides is 2. The molecule has 0 fully saturated rings. The molecule has 3 atom stereocenters. The number of carbonyl (C=O) groups is 2. The maximum absolute atomic E-state index is 13.4. The molecule has 2 N–H and O–H groups in total. The van der Waals surface area contributed by atoms with E-state index in [0.717, 1.165) is 24.3 Å². The molecular weight excluding hydrogens is 540 g/mol. The van der Waals surface area contributed by atoms with Gasteiger partial charge in [0.05, 0.1) is 25.6 Å². The van der Waals surface area contributed by atoms with Crippen molar-refractivity contribution >= 4 is 38.9 Å². The van der Waals surface area contributed by atoms with Crippen LogP contribution in [0.4, 0.5) is 5.69 Å². The fraction of sp³-hybridized carbons (Fsp3) is 0.556. The SMILES string of the molecule is C[C@@H]1CN([C@@H](C)CO)C(=O)Cc2cc(NC(=O)CCCN(C)C)ccc2O[C@@H]1CN(C)S(=O)(=O)c1cccs1. The molecule has 0 spiro atoms. The first-order chi connectivity index (χ1) is 18.4. The van der Waals surface area contributed by atoms with E-state index in [1.165, 1.54) is 11.4 Å². The number of nitrogens with zero attached hydrogens (tertiary/aromatic N) is 3. The molecule has 3 rings (SSSR count). The topological polar surface area (TPSA) is 119 Å². The van der Waals surface area contributed by atoms with Gasteiger partial charge in [0, 0.05) is 37.2 Å². The van der Waals surface area contributed by atoms with E-state index in [0.29, 0.717) is 30.0 Å². The number of thiophene rings is 1. The van der Waals surface area contributed by atoms with Crippen molar-refractivity contribution in [3.63, 3.8) is 0 Å². The van der Waals surface area contributed by atoms with E-state index in [4.69, 9.17) is 4.74 Å². The first-order valence-electron chi connectivity index (χ1n) is 13.1. The fourth-order valence-corrected chi connectivity index (χ4v) is 6.80. The molecule has 216 valence electrons. The van der Waals surface area contributed by atoms with Gasteiger partial charge in [0.15, 0.2) is 0 Å². The number of rotatable bonds is 11. The van der Waals surface area contributed by atoms with Gasteiger partial charge in [0.1, 0.15) is 16.1 Å². The highest BCUT2D eigenvalue weighted by atomic mass is 32.2. The number of aliphatic hydroxyl groups excluding tert-OH is 1. The largest absolute Gasteiger partial charge is 0.488 e. The summed E-state index contributed by atoms with van der Waals surface area (Å²) in [7, 11) is 1.73. The number of hydrogen-bond donors (Lipinski definition) is 2. The fourth-order valence-electron chi connectivity index (χ4n) is 4.42. The second-order valence-electron chi connectivity index (χ2n) is 10.4. The van der Waals surface area contributed by atoms with E-state index in [9.17, 15) is 23.1 Å². The van der Waals surface area contributed by atoms with E-state index >= 15 is 0 Å². The lowest BCUT2D eigenvalue weighted by molar-refractivity contribution is -0.134. The van der Waals surface area contributed by atoms with Gasteiger partial charge in [-0.1, -0.05) is 13.0 Å². The van der Waals surface area contributed by atoms with Crippen molar-refractivity contribution in [2.24, 2.45) is 5.92 Å². The van der Waals surface area contributed by atoms with Gasteiger partial charge in [-0.2, -0.15) is 4.31 Å². The summed E-state index contributed by atoms with van der Waals surface area (Å²) in [6.45, 7) is 4.65. The molecule has 2 heterocycles. The van der Waals surface area contributed by atoms with Crippen molar-refractivity contribution in [3.8, 4) is 5.75 Å². The Balaban J connectivity index is 1.89. The van der Waals surface area contributed by atoms with Crippen LogP contribution >= 0.6 is 11.3 Å². The lowest BCUT2D eigenvalue weighted by Crippen LogP contribution is -2.48. The second-order valence-corrected chi connectivity index (χ2v) is 13.6. The smallest absolute Gasteiger partial charge is 0.252 e. The monoisotopic (exact) mass is 580 g/mol. The molecule has 0 radical (unpaired) electrons. The van der Waals surface area contributed by atoms with Gasteiger partial charge >= 0.3 is 0 Å². The molecule has 39 heavy (non-hydrogen) atoms. The van der Waals surface area contributed by atoms with Crippen molar-refractivity contribution in [1.82, 2.24) is 14.1 Å². The van der Waals surface area contributed by atoms with Crippen LogP contribution in [0.2, 0.25) is 0 Å². The van der Waals surface area contributed by atoms with E-state index in [2.05, 4.69) is 5.32 Å². The number of benzene rings is 1. The van der Waals surface area contributed by atoms with Gasteiger partial charge in [0.2, 0.25) is 11.8 Å². The average molecular weight is 581 g/mol. The molecule has 1 aromatic heterocycles. The number of likely N-dealkylation sites (N-methyl/N-ethyl adjacent to an activating group) is 1. The maximum Gasteiger partial charge on any atom is 0.252 e. The first-order valence-corrected chi connectivity index (χ1v) is 15.4. The highest BCUT2D eigenvalue weighted by molar-refractivity contribution is 7.91. The number of sulfonamides is 1. The number of anilines is 1. The first kappa shape index (κ1) is 31.0. The summed E-state index contributed by atoms with van der Waals surface area (Å²) in [5.41, 5.74) is 1.15. The molecule has 10 nitrogen and oxygen atoms in total. The Bertz CT molecular complexity index is 1220. The van der Waals surface area contributed by atoms with Crippen LogP contribution in [0, 0.1) is 5.92 Å². The molecule has 0 saturated carbocycles. The number of fused-ring (bicyclic) bond motifs is 1. The molecule has 0 unspecified atom stereocenters. The van der Waals surface area contributed by atoms with Gasteiger partial charge in [0.25, 0.3) is 10.0 Å². The van der Waals surface area contributed by atoms with Crippen molar-refractivity contribution in [2.75, 3.05) is 52.7 Å². The quantitative estimate of drug-likeness (QED) is 0.419. The second kappa shape index (κ2) is 13.7. The number of carbonyl (C=O) groups excluding carboxylic acids is 2. The molecular formula is C27H40N4O6S2. The number of aliphatic hydroxyl groups is 1. The summed E-state index contributed by atoms with van der Waals surface area (Å²) in [6.07, 6.45) is 0.541. The zero-order valence-electron chi connectivity index (χ0n) is 23.3. The highest BCUT2D eigenvalue weighted by Crippen LogP contribution is 2.30. The lowest BCUT2D eigenvalue weighted by Gasteiger charge is -2.33. The molecule has 0 bridgehead atoms. The van der Waals surface area contributed by atoms with Gasteiger partial charge < -0.3 is 25.0 Å². The van der Waals surface area contributed by atoms with Crippen molar-refractivity contribution in [1.29, 1.82) is 0 Å². The Morgan fingerprint density at radius 2 is 2.03 bits per heavy atom. The Morgan fingerprint density at radius 1 is 1.28 bits per heavy atom. The van der Waals surface area contributed by atoms with Gasteiger partial charge in [-0.25, -0.2) is 8.42 Å². The van der Waals surface area contributed by atoms with Gasteiger partial charge in [-0.3, -0.25) is 9.59 Å². The molecule has 2 amide bonds. The van der Waals surface area contributed by atoms with Crippen LogP contribution in [0.25, 0.3) is 0 Å². The minimum Gasteiger partial charge on any atom is -0.488 e. The van der Waals surface area contributed by atoms with E-state index in [1.807, 2.05) is 25.9 Å². The summed E-state index contributed by atoms with van der Waals surface area (Å²) in [5, 5.41) is 14.4. The van der Waals surface area contributed by atoms with Crippen molar-refractivity contribution in [3.05, 3.63) is 41.3 Å². The summed E-state index contributed by atoms with van der Waals surface area (Å²) < 4.78 is 34.2. The minimum absolute atomic E-state index is 0.0206. The average Bonchev–Trinajstić information content (AvgIpc) is 3.43. The lowest BCUT2D eigenvalue weighted by atomic mass is 10.0. The van der Waals surface area contributed by atoms with Crippen LogP contribution in [0.1, 0.15) is 32.3 Å². The van der Waals surface area contributed by atoms with Crippen molar-refractivity contribution < 1.29 is 27.9 Å². The van der Waals surface area contributed by atoms with Crippen LogP contribution in [0.15, 0.2) is 39.9 Å². The number of ether oxygens (including phenoxy) is 1. The van der Waals surface area contributed by atoms with Crippen LogP contribution in [-0.2, 0) is 26.0 Å². The molecule has 0 aliphatic carbocycles. The third kappa shape index (κ3) is 8.24. The zero-order chi connectivity index (χ0) is 28.7. The zero-order valence-corrected chi connectivity index (χ0v) is 24.9. The number of nitrogens with one attached hydrogen (secondary N) is 1. The van der Waals surface area contributed by atoms with Gasteiger partial charge in [-0.05, 0) is 63.6 Å². The molecule has 0 saturated heterocycles. The normalized spacial score (nSPS) is 19.2. The highest BCUT2D eigenvalue weighted by Gasteiger charge is 2.33. The van der Waals surface area contributed by atoms with E-state index in [-0.39, 0.29) is 41.5 Å². The summed E-state index contributed by atoms with van der Waals surface area (Å²) in [4.78, 5) is 29.5. The summed E-state index contributed by atoms with van der Waals surface area (Å²) in [5.74, 6) is -0.0744. The van der Waals surface area contributed by atoms with Crippen LogP contribution < -0.4 is 10.1 Å². The van der Waals surface area contributed by atoms with Crippen LogP contribution in [0.3, 0.4) is 0 Å². The predicted octanol–water partition coefficient (Wildman–Crippen LogP) is 2.50. The Hall–Kier alpha value is -2.51. The Morgan fingerprint density at radius 3 is 2.67 bits per heavy atom. The predicted molar refractivity (Wildman–Crippen MR) is 153 cm³/mol. The van der Waals surface area contributed by atoms with Gasteiger partial charge in [-0.15, -0.1) is 11.3 Å². The Labute approximate surface area is 235 Å². The molecule has 1 aromatic carbocycles.